The third-order valence-corrected chi connectivity index (χ3v) is 4.89. The van der Waals surface area contributed by atoms with Crippen LogP contribution in [0.1, 0.15) is 6.42 Å². The minimum Gasteiger partial charge on any atom is -0.375 e. The maximum Gasteiger partial charge on any atom is 0.230 e. The Labute approximate surface area is 152 Å². The smallest absolute Gasteiger partial charge is 0.230 e. The van der Waals surface area contributed by atoms with Gasteiger partial charge in [0.1, 0.15) is 0 Å². The summed E-state index contributed by atoms with van der Waals surface area (Å²) in [6, 6.07) is 16.2. The molecule has 130 valence electrons. The minimum atomic E-state index is 0.0417. The van der Waals surface area contributed by atoms with Crippen molar-refractivity contribution in [3.05, 3.63) is 60.9 Å². The van der Waals surface area contributed by atoms with Gasteiger partial charge in [-0.15, -0.1) is 0 Å². The second-order valence-corrected chi connectivity index (χ2v) is 6.73. The van der Waals surface area contributed by atoms with E-state index in [1.807, 2.05) is 53.2 Å². The lowest BCUT2D eigenvalue weighted by atomic mass is 10.3. The highest BCUT2D eigenvalue weighted by Crippen LogP contribution is 2.17. The number of nitrogens with zero attached hydrogens (tertiary/aromatic N) is 3. The van der Waals surface area contributed by atoms with Gasteiger partial charge in [0.15, 0.2) is 5.16 Å². The lowest BCUT2D eigenvalue weighted by Crippen LogP contribution is -2.29. The fourth-order valence-corrected chi connectivity index (χ4v) is 3.36. The maximum atomic E-state index is 12.0. The van der Waals surface area contributed by atoms with Crippen LogP contribution in [0.5, 0.6) is 0 Å². The summed E-state index contributed by atoms with van der Waals surface area (Å²) in [5.74, 6) is 0.419. The van der Waals surface area contributed by atoms with Gasteiger partial charge in [0, 0.05) is 32.0 Å². The molecule has 0 fully saturated rings. The fourth-order valence-electron chi connectivity index (χ4n) is 2.56. The van der Waals surface area contributed by atoms with Crippen LogP contribution in [0.2, 0.25) is 0 Å². The van der Waals surface area contributed by atoms with E-state index in [0.717, 1.165) is 23.6 Å². The number of anilines is 1. The van der Waals surface area contributed by atoms with E-state index in [-0.39, 0.29) is 5.91 Å². The first-order chi connectivity index (χ1) is 12.2. The van der Waals surface area contributed by atoms with Gasteiger partial charge in [-0.1, -0.05) is 36.0 Å². The largest absolute Gasteiger partial charge is 0.375 e. The summed E-state index contributed by atoms with van der Waals surface area (Å²) in [4.78, 5) is 18.6. The zero-order valence-corrected chi connectivity index (χ0v) is 15.1. The molecule has 5 nitrogen and oxygen atoms in total. The average molecular weight is 354 g/mol. The number of para-hydroxylation sites is 1. The first kappa shape index (κ1) is 17.4. The van der Waals surface area contributed by atoms with Crippen LogP contribution in [0.15, 0.2) is 66.1 Å². The summed E-state index contributed by atoms with van der Waals surface area (Å²) in [6.07, 6.45) is 4.69. The molecule has 0 atom stereocenters. The molecular formula is C19H22N4OS. The molecule has 25 heavy (non-hydrogen) atoms. The summed E-state index contributed by atoms with van der Waals surface area (Å²) in [5.41, 5.74) is 2.23. The van der Waals surface area contributed by atoms with Crippen molar-refractivity contribution in [1.82, 2.24) is 14.7 Å². The molecular weight excluding hydrogens is 332 g/mol. The number of rotatable bonds is 8. The Kier molecular flexibility index (Phi) is 5.95. The topological polar surface area (TPSA) is 49.6 Å². The molecule has 6 heteroatoms. The van der Waals surface area contributed by atoms with Crippen LogP contribution in [0.4, 0.5) is 5.69 Å². The van der Waals surface area contributed by atoms with Crippen LogP contribution < -0.4 is 10.2 Å². The molecule has 3 aromatic rings. The Hall–Kier alpha value is -2.47. The summed E-state index contributed by atoms with van der Waals surface area (Å²) in [5, 5.41) is 3.82. The lowest BCUT2D eigenvalue weighted by molar-refractivity contribution is -0.118. The van der Waals surface area contributed by atoms with Crippen molar-refractivity contribution >= 4 is 28.9 Å². The number of fused-ring (bicyclic) bond motifs is 1. The number of pyridine rings is 1. The molecule has 3 rings (SSSR count). The summed E-state index contributed by atoms with van der Waals surface area (Å²) >= 11 is 1.46. The lowest BCUT2D eigenvalue weighted by Gasteiger charge is -2.19. The van der Waals surface area contributed by atoms with Crippen LogP contribution >= 0.6 is 11.8 Å². The first-order valence-electron chi connectivity index (χ1n) is 8.32. The van der Waals surface area contributed by atoms with Crippen molar-refractivity contribution in [2.75, 3.05) is 30.8 Å². The molecule has 0 bridgehead atoms. The van der Waals surface area contributed by atoms with E-state index in [2.05, 4.69) is 34.4 Å². The van der Waals surface area contributed by atoms with Crippen molar-refractivity contribution in [2.24, 2.45) is 0 Å². The average Bonchev–Trinajstić information content (AvgIpc) is 3.07. The number of benzene rings is 1. The van der Waals surface area contributed by atoms with Gasteiger partial charge in [0.25, 0.3) is 0 Å². The van der Waals surface area contributed by atoms with Gasteiger partial charge in [-0.25, -0.2) is 4.98 Å². The van der Waals surface area contributed by atoms with Crippen molar-refractivity contribution < 1.29 is 4.79 Å². The third kappa shape index (κ3) is 4.76. The van der Waals surface area contributed by atoms with Crippen LogP contribution in [0, 0.1) is 0 Å². The highest BCUT2D eigenvalue weighted by atomic mass is 32.2. The second kappa shape index (κ2) is 8.58. The number of carbonyl (C=O) groups excluding carboxylic acids is 1. The summed E-state index contributed by atoms with van der Waals surface area (Å²) in [7, 11) is 2.07. The SMILES string of the molecule is CN(CCCNC(=O)CSc1ncc2ccccn12)c1ccccc1. The zero-order valence-electron chi connectivity index (χ0n) is 14.3. The highest BCUT2D eigenvalue weighted by Gasteiger charge is 2.07. The Morgan fingerprint density at radius 1 is 1.20 bits per heavy atom. The Morgan fingerprint density at radius 2 is 2.00 bits per heavy atom. The number of thioether (sulfide) groups is 1. The van der Waals surface area contributed by atoms with Crippen LogP contribution in [-0.4, -0.2) is 41.2 Å². The summed E-state index contributed by atoms with van der Waals surface area (Å²) in [6.45, 7) is 1.58. The zero-order chi connectivity index (χ0) is 17.5. The molecule has 0 unspecified atom stereocenters. The number of hydrogen-bond donors (Lipinski definition) is 1. The van der Waals surface area contributed by atoms with Gasteiger partial charge in [-0.05, 0) is 30.7 Å². The highest BCUT2D eigenvalue weighted by molar-refractivity contribution is 7.99. The molecule has 0 saturated heterocycles. The van der Waals surface area contributed by atoms with Crippen molar-refractivity contribution in [3.63, 3.8) is 0 Å². The standard InChI is InChI=1S/C19H22N4OS/c1-22(16-8-3-2-4-9-16)12-7-11-20-18(24)15-25-19-21-14-17-10-5-6-13-23(17)19/h2-6,8-10,13-14H,7,11-12,15H2,1H3,(H,20,24). The Morgan fingerprint density at radius 3 is 2.84 bits per heavy atom. The van der Waals surface area contributed by atoms with E-state index in [4.69, 9.17) is 0 Å². The molecule has 1 aromatic carbocycles. The van der Waals surface area contributed by atoms with E-state index >= 15 is 0 Å². The second-order valence-electron chi connectivity index (χ2n) is 5.79. The Balaban J connectivity index is 1.37. The van der Waals surface area contributed by atoms with Gasteiger partial charge in [-0.3, -0.25) is 9.20 Å². The number of aromatic nitrogens is 2. The number of nitrogens with one attached hydrogen (secondary N) is 1. The van der Waals surface area contributed by atoms with E-state index in [0.29, 0.717) is 12.3 Å². The minimum absolute atomic E-state index is 0.0417. The molecule has 2 heterocycles. The molecule has 0 spiro atoms. The van der Waals surface area contributed by atoms with Crippen molar-refractivity contribution in [2.45, 2.75) is 11.6 Å². The fraction of sp³-hybridized carbons (Fsp3) is 0.263. The Bertz CT molecular complexity index is 818. The van der Waals surface area contributed by atoms with Crippen LogP contribution in [0.3, 0.4) is 0 Å². The molecule has 0 aliphatic rings. The molecule has 1 N–H and O–H groups in total. The van der Waals surface area contributed by atoms with Crippen molar-refractivity contribution in [3.8, 4) is 0 Å². The van der Waals surface area contributed by atoms with Crippen LogP contribution in [0.25, 0.3) is 5.52 Å². The number of carbonyl (C=O) groups is 1. The molecule has 0 aliphatic heterocycles. The van der Waals surface area contributed by atoms with E-state index < -0.39 is 0 Å². The molecule has 1 amide bonds. The monoisotopic (exact) mass is 354 g/mol. The quantitative estimate of drug-likeness (QED) is 0.499. The van der Waals surface area contributed by atoms with E-state index in [1.54, 1.807) is 0 Å². The molecule has 2 aromatic heterocycles. The van der Waals surface area contributed by atoms with Gasteiger partial charge >= 0.3 is 0 Å². The van der Waals surface area contributed by atoms with Crippen LogP contribution in [-0.2, 0) is 4.79 Å². The normalized spacial score (nSPS) is 10.8. The predicted octanol–water partition coefficient (Wildman–Crippen LogP) is 3.07. The van der Waals surface area contributed by atoms with Gasteiger partial charge in [0.05, 0.1) is 17.5 Å². The maximum absolute atomic E-state index is 12.0. The predicted molar refractivity (Wildman–Crippen MR) is 103 cm³/mol. The van der Waals surface area contributed by atoms with E-state index in [9.17, 15) is 4.79 Å². The number of amides is 1. The first-order valence-corrected chi connectivity index (χ1v) is 9.30. The molecule has 0 saturated carbocycles. The summed E-state index contributed by atoms with van der Waals surface area (Å²) < 4.78 is 1.99. The number of hydrogen-bond acceptors (Lipinski definition) is 4. The van der Waals surface area contributed by atoms with Gasteiger partial charge < -0.3 is 10.2 Å². The number of imidazole rings is 1. The van der Waals surface area contributed by atoms with E-state index in [1.165, 1.54) is 17.4 Å². The third-order valence-electron chi connectivity index (χ3n) is 3.93. The van der Waals surface area contributed by atoms with Crippen molar-refractivity contribution in [1.29, 1.82) is 0 Å². The van der Waals surface area contributed by atoms with Gasteiger partial charge in [-0.2, -0.15) is 0 Å². The molecule has 0 radical (unpaired) electrons. The molecule has 0 aliphatic carbocycles. The van der Waals surface area contributed by atoms with Gasteiger partial charge in [0.2, 0.25) is 5.91 Å².